The molecule has 5 heteroatoms. The van der Waals surface area contributed by atoms with Crippen molar-refractivity contribution in [1.82, 2.24) is 9.97 Å². The lowest BCUT2D eigenvalue weighted by atomic mass is 10.2. The number of nitrogens with one attached hydrogen (secondary N) is 1. The van der Waals surface area contributed by atoms with E-state index in [1.54, 1.807) is 12.4 Å². The lowest BCUT2D eigenvalue weighted by Crippen LogP contribution is -2.20. The first-order chi connectivity index (χ1) is 10.2. The fourth-order valence-corrected chi connectivity index (χ4v) is 2.38. The van der Waals surface area contributed by atoms with Crippen LogP contribution in [0, 0.1) is 5.82 Å². The van der Waals surface area contributed by atoms with Gasteiger partial charge in [0, 0.05) is 24.3 Å². The Morgan fingerprint density at radius 2 is 2.00 bits per heavy atom. The summed E-state index contributed by atoms with van der Waals surface area (Å²) in [7, 11) is 0. The van der Waals surface area contributed by atoms with Crippen LogP contribution in [0.3, 0.4) is 0 Å². The minimum absolute atomic E-state index is 0.245. The van der Waals surface area contributed by atoms with Crippen LogP contribution < -0.4 is 10.2 Å². The molecule has 1 N–H and O–H groups in total. The lowest BCUT2D eigenvalue weighted by molar-refractivity contribution is 0.627. The Labute approximate surface area is 125 Å². The largest absolute Gasteiger partial charge is 0.370 e. The fraction of sp³-hybridized carbons (Fsp3) is 0.375. The first-order valence-corrected chi connectivity index (χ1v) is 7.32. The Balaban J connectivity index is 2.49. The molecular weight excluding hydrogens is 267 g/mol. The van der Waals surface area contributed by atoms with Crippen LogP contribution in [-0.4, -0.2) is 23.1 Å². The highest BCUT2D eigenvalue weighted by atomic mass is 19.1. The van der Waals surface area contributed by atoms with Crippen molar-refractivity contribution >= 4 is 17.3 Å². The molecule has 0 unspecified atom stereocenters. The summed E-state index contributed by atoms with van der Waals surface area (Å²) in [5, 5.41) is 3.26. The average Bonchev–Trinajstić information content (AvgIpc) is 2.49. The minimum Gasteiger partial charge on any atom is -0.370 e. The van der Waals surface area contributed by atoms with Gasteiger partial charge in [0.25, 0.3) is 0 Å². The molecule has 0 spiro atoms. The van der Waals surface area contributed by atoms with Gasteiger partial charge in [-0.1, -0.05) is 13.0 Å². The zero-order valence-corrected chi connectivity index (χ0v) is 12.7. The second-order valence-electron chi connectivity index (χ2n) is 4.63. The zero-order valence-electron chi connectivity index (χ0n) is 12.7. The van der Waals surface area contributed by atoms with E-state index in [-0.39, 0.29) is 5.82 Å². The lowest BCUT2D eigenvalue weighted by Gasteiger charge is -2.25. The molecule has 0 aliphatic heterocycles. The molecule has 4 nitrogen and oxygen atoms in total. The van der Waals surface area contributed by atoms with Crippen LogP contribution >= 0.6 is 0 Å². The summed E-state index contributed by atoms with van der Waals surface area (Å²) in [5.41, 5.74) is 1.85. The molecule has 0 atom stereocenters. The second kappa shape index (κ2) is 7.02. The molecule has 1 aromatic heterocycles. The molecule has 0 aliphatic rings. The Morgan fingerprint density at radius 3 is 2.62 bits per heavy atom. The van der Waals surface area contributed by atoms with E-state index in [4.69, 9.17) is 0 Å². The van der Waals surface area contributed by atoms with Gasteiger partial charge in [-0.2, -0.15) is 0 Å². The highest BCUT2D eigenvalue weighted by molar-refractivity contribution is 5.67. The van der Waals surface area contributed by atoms with E-state index in [0.717, 1.165) is 35.9 Å². The van der Waals surface area contributed by atoms with Crippen LogP contribution in [0.25, 0.3) is 0 Å². The number of hydrogen-bond donors (Lipinski definition) is 1. The maximum atomic E-state index is 13.5. The van der Waals surface area contributed by atoms with Crippen molar-refractivity contribution in [2.75, 3.05) is 23.3 Å². The Kier molecular flexibility index (Phi) is 5.09. The first-order valence-electron chi connectivity index (χ1n) is 7.32. The molecule has 21 heavy (non-hydrogen) atoms. The van der Waals surface area contributed by atoms with Gasteiger partial charge in [-0.25, -0.2) is 14.4 Å². The van der Waals surface area contributed by atoms with Gasteiger partial charge in [0.15, 0.2) is 0 Å². The number of anilines is 3. The molecule has 0 fully saturated rings. The third-order valence-electron chi connectivity index (χ3n) is 3.31. The smallest absolute Gasteiger partial charge is 0.141 e. The normalized spacial score (nSPS) is 10.5. The molecular formula is C16H21FN4. The monoisotopic (exact) mass is 288 g/mol. The molecule has 1 aromatic carbocycles. The van der Waals surface area contributed by atoms with Crippen LogP contribution in [0.15, 0.2) is 30.6 Å². The van der Waals surface area contributed by atoms with Gasteiger partial charge < -0.3 is 10.2 Å². The standard InChI is InChI=1S/C16H21FN4/c1-4-14-15(18-5-2)19-11-20-16(14)21(6-3)13-9-7-8-12(17)10-13/h7-11H,4-6H2,1-3H3,(H,18,19,20). The molecule has 0 saturated heterocycles. The number of nitrogens with zero attached hydrogens (tertiary/aromatic N) is 3. The van der Waals surface area contributed by atoms with Crippen LogP contribution in [0.4, 0.5) is 21.7 Å². The van der Waals surface area contributed by atoms with Crippen molar-refractivity contribution in [1.29, 1.82) is 0 Å². The summed E-state index contributed by atoms with van der Waals surface area (Å²) in [6.07, 6.45) is 2.36. The number of halogens is 1. The van der Waals surface area contributed by atoms with E-state index < -0.39 is 0 Å². The number of rotatable bonds is 6. The van der Waals surface area contributed by atoms with Gasteiger partial charge in [0.2, 0.25) is 0 Å². The van der Waals surface area contributed by atoms with Crippen LogP contribution in [0.1, 0.15) is 26.3 Å². The van der Waals surface area contributed by atoms with Crippen molar-refractivity contribution in [3.63, 3.8) is 0 Å². The number of aromatic nitrogens is 2. The topological polar surface area (TPSA) is 41.1 Å². The van der Waals surface area contributed by atoms with Crippen LogP contribution in [-0.2, 0) is 6.42 Å². The van der Waals surface area contributed by atoms with Crippen molar-refractivity contribution in [2.45, 2.75) is 27.2 Å². The van der Waals surface area contributed by atoms with Gasteiger partial charge in [0.1, 0.15) is 23.8 Å². The van der Waals surface area contributed by atoms with Gasteiger partial charge in [-0.05, 0) is 38.5 Å². The van der Waals surface area contributed by atoms with Gasteiger partial charge in [-0.3, -0.25) is 0 Å². The van der Waals surface area contributed by atoms with Crippen LogP contribution in [0.2, 0.25) is 0 Å². The van der Waals surface area contributed by atoms with Crippen LogP contribution in [0.5, 0.6) is 0 Å². The molecule has 2 rings (SSSR count). The first kappa shape index (κ1) is 15.2. The maximum absolute atomic E-state index is 13.5. The highest BCUT2D eigenvalue weighted by Crippen LogP contribution is 2.30. The Morgan fingerprint density at radius 1 is 1.19 bits per heavy atom. The van der Waals surface area contributed by atoms with E-state index in [9.17, 15) is 4.39 Å². The summed E-state index contributed by atoms with van der Waals surface area (Å²) < 4.78 is 13.5. The summed E-state index contributed by atoms with van der Waals surface area (Å²) in [4.78, 5) is 10.7. The Bertz CT molecular complexity index is 601. The van der Waals surface area contributed by atoms with E-state index in [1.165, 1.54) is 12.1 Å². The van der Waals surface area contributed by atoms with Crippen molar-refractivity contribution < 1.29 is 4.39 Å². The summed E-state index contributed by atoms with van der Waals surface area (Å²) in [6, 6.07) is 6.58. The van der Waals surface area contributed by atoms with Gasteiger partial charge in [-0.15, -0.1) is 0 Å². The van der Waals surface area contributed by atoms with E-state index >= 15 is 0 Å². The molecule has 0 bridgehead atoms. The molecule has 0 aliphatic carbocycles. The molecule has 1 heterocycles. The summed E-state index contributed by atoms with van der Waals surface area (Å²) in [5.74, 6) is 1.43. The number of hydrogen-bond acceptors (Lipinski definition) is 4. The van der Waals surface area contributed by atoms with Crippen molar-refractivity contribution in [2.24, 2.45) is 0 Å². The van der Waals surface area contributed by atoms with Gasteiger partial charge >= 0.3 is 0 Å². The Hall–Kier alpha value is -2.17. The van der Waals surface area contributed by atoms with Crippen molar-refractivity contribution in [3.05, 3.63) is 42.0 Å². The highest BCUT2D eigenvalue weighted by Gasteiger charge is 2.16. The SMILES string of the molecule is CCNc1ncnc(N(CC)c2cccc(F)c2)c1CC. The average molecular weight is 288 g/mol. The van der Waals surface area contributed by atoms with E-state index in [1.807, 2.05) is 24.8 Å². The molecule has 2 aromatic rings. The predicted molar refractivity (Wildman–Crippen MR) is 84.7 cm³/mol. The van der Waals surface area contributed by atoms with Crippen molar-refractivity contribution in [3.8, 4) is 0 Å². The quantitative estimate of drug-likeness (QED) is 0.878. The molecule has 0 amide bonds. The predicted octanol–water partition coefficient (Wildman–Crippen LogP) is 3.77. The molecule has 0 saturated carbocycles. The molecule has 0 radical (unpaired) electrons. The fourth-order valence-electron chi connectivity index (χ4n) is 2.38. The maximum Gasteiger partial charge on any atom is 0.141 e. The third kappa shape index (κ3) is 3.29. The van der Waals surface area contributed by atoms with Gasteiger partial charge in [0.05, 0.1) is 0 Å². The third-order valence-corrected chi connectivity index (χ3v) is 3.31. The summed E-state index contributed by atoms with van der Waals surface area (Å²) >= 11 is 0. The number of benzene rings is 1. The van der Waals surface area contributed by atoms with E-state index in [2.05, 4.69) is 22.2 Å². The second-order valence-corrected chi connectivity index (χ2v) is 4.63. The zero-order chi connectivity index (χ0) is 15.2. The molecule has 112 valence electrons. The summed E-state index contributed by atoms with van der Waals surface area (Å²) in [6.45, 7) is 7.64. The minimum atomic E-state index is -0.245. The van der Waals surface area contributed by atoms with E-state index in [0.29, 0.717) is 6.54 Å².